The highest BCUT2D eigenvalue weighted by Gasteiger charge is 2.13. The maximum atomic E-state index is 11.7. The average Bonchev–Trinajstić information content (AvgIpc) is 3.17. The van der Waals surface area contributed by atoms with Gasteiger partial charge < -0.3 is 19.9 Å². The van der Waals surface area contributed by atoms with Gasteiger partial charge in [-0.2, -0.15) is 4.98 Å². The first kappa shape index (κ1) is 21.4. The molecule has 0 saturated carbocycles. The number of rotatable bonds is 10. The standard InChI is InChI=1S/C18H21ClN4O5/c1-2-9-20-14(24)10-21-15(25)11-27-17(26)8-7-16-22-18(23-28-16)12-3-5-13(19)6-4-12/h3-6H,2,7-11H2,1H3,(H,20,24)(H,21,25). The van der Waals surface area contributed by atoms with Crippen LogP contribution in [-0.2, 0) is 25.5 Å². The number of nitrogens with zero attached hydrogens (tertiary/aromatic N) is 2. The molecule has 0 atom stereocenters. The number of aromatic nitrogens is 2. The fourth-order valence-corrected chi connectivity index (χ4v) is 2.18. The second kappa shape index (κ2) is 11.0. The zero-order valence-corrected chi connectivity index (χ0v) is 16.1. The van der Waals surface area contributed by atoms with Crippen LogP contribution in [0.3, 0.4) is 0 Å². The average molecular weight is 409 g/mol. The molecule has 1 aromatic heterocycles. The van der Waals surface area contributed by atoms with E-state index in [0.29, 0.717) is 17.4 Å². The number of amides is 2. The summed E-state index contributed by atoms with van der Waals surface area (Å²) in [6.45, 7) is 1.84. The summed E-state index contributed by atoms with van der Waals surface area (Å²) >= 11 is 5.83. The first-order valence-corrected chi connectivity index (χ1v) is 9.13. The molecule has 0 aliphatic rings. The SMILES string of the molecule is CCCNC(=O)CNC(=O)COC(=O)CCc1nc(-c2ccc(Cl)cc2)no1. The first-order chi connectivity index (χ1) is 13.5. The number of aryl methyl sites for hydroxylation is 1. The molecule has 0 aliphatic carbocycles. The van der Waals surface area contributed by atoms with Crippen LogP contribution in [0.5, 0.6) is 0 Å². The van der Waals surface area contributed by atoms with Crippen LogP contribution in [0.4, 0.5) is 0 Å². The highest BCUT2D eigenvalue weighted by atomic mass is 35.5. The van der Waals surface area contributed by atoms with Crippen LogP contribution < -0.4 is 10.6 Å². The predicted molar refractivity (Wildman–Crippen MR) is 100 cm³/mol. The zero-order chi connectivity index (χ0) is 20.4. The second-order valence-corrected chi connectivity index (χ2v) is 6.24. The maximum absolute atomic E-state index is 11.7. The maximum Gasteiger partial charge on any atom is 0.306 e. The molecule has 2 rings (SSSR count). The molecule has 150 valence electrons. The van der Waals surface area contributed by atoms with Gasteiger partial charge in [0.1, 0.15) is 0 Å². The molecule has 0 fully saturated rings. The van der Waals surface area contributed by atoms with E-state index in [-0.39, 0.29) is 31.2 Å². The van der Waals surface area contributed by atoms with Crippen molar-refractivity contribution < 1.29 is 23.6 Å². The topological polar surface area (TPSA) is 123 Å². The van der Waals surface area contributed by atoms with Crippen molar-refractivity contribution in [3.63, 3.8) is 0 Å². The number of nitrogens with one attached hydrogen (secondary N) is 2. The van der Waals surface area contributed by atoms with Crippen molar-refractivity contribution in [2.75, 3.05) is 19.7 Å². The van der Waals surface area contributed by atoms with Gasteiger partial charge in [0.2, 0.25) is 17.6 Å². The third-order valence-corrected chi connectivity index (χ3v) is 3.75. The van der Waals surface area contributed by atoms with Gasteiger partial charge in [-0.25, -0.2) is 0 Å². The molecule has 1 aromatic carbocycles. The van der Waals surface area contributed by atoms with E-state index in [1.165, 1.54) is 0 Å². The van der Waals surface area contributed by atoms with Gasteiger partial charge in [-0.1, -0.05) is 23.7 Å². The third-order valence-electron chi connectivity index (χ3n) is 3.50. The Kier molecular flexibility index (Phi) is 8.41. The Bertz CT molecular complexity index is 807. The fraction of sp³-hybridized carbons (Fsp3) is 0.389. The Balaban J connectivity index is 1.68. The van der Waals surface area contributed by atoms with Gasteiger partial charge in [0.05, 0.1) is 13.0 Å². The molecule has 0 saturated heterocycles. The van der Waals surface area contributed by atoms with E-state index in [0.717, 1.165) is 12.0 Å². The highest BCUT2D eigenvalue weighted by molar-refractivity contribution is 6.30. The van der Waals surface area contributed by atoms with Crippen LogP contribution in [-0.4, -0.2) is 47.6 Å². The summed E-state index contributed by atoms with van der Waals surface area (Å²) in [5.41, 5.74) is 0.738. The van der Waals surface area contributed by atoms with E-state index in [9.17, 15) is 14.4 Å². The number of esters is 1. The molecule has 0 aliphatic heterocycles. The summed E-state index contributed by atoms with van der Waals surface area (Å²) in [5, 5.41) is 9.43. The van der Waals surface area contributed by atoms with Crippen molar-refractivity contribution >= 4 is 29.4 Å². The van der Waals surface area contributed by atoms with Crippen molar-refractivity contribution in [2.24, 2.45) is 0 Å². The fourth-order valence-electron chi connectivity index (χ4n) is 2.06. The van der Waals surface area contributed by atoms with E-state index in [1.54, 1.807) is 24.3 Å². The molecule has 9 nitrogen and oxygen atoms in total. The lowest BCUT2D eigenvalue weighted by molar-refractivity contribution is -0.148. The van der Waals surface area contributed by atoms with E-state index in [1.807, 2.05) is 6.92 Å². The Morgan fingerprint density at radius 2 is 1.89 bits per heavy atom. The van der Waals surface area contributed by atoms with E-state index < -0.39 is 18.5 Å². The van der Waals surface area contributed by atoms with Crippen molar-refractivity contribution in [3.8, 4) is 11.4 Å². The van der Waals surface area contributed by atoms with Crippen LogP contribution in [0.1, 0.15) is 25.7 Å². The number of hydrogen-bond donors (Lipinski definition) is 2. The van der Waals surface area contributed by atoms with E-state index in [2.05, 4.69) is 20.8 Å². The van der Waals surface area contributed by atoms with Crippen LogP contribution in [0, 0.1) is 0 Å². The van der Waals surface area contributed by atoms with Gasteiger partial charge >= 0.3 is 5.97 Å². The van der Waals surface area contributed by atoms with Crippen LogP contribution in [0.15, 0.2) is 28.8 Å². The summed E-state index contributed by atoms with van der Waals surface area (Å²) < 4.78 is 9.95. The van der Waals surface area contributed by atoms with Crippen molar-refractivity contribution in [1.29, 1.82) is 0 Å². The van der Waals surface area contributed by atoms with Gasteiger partial charge in [0, 0.05) is 23.6 Å². The number of carbonyl (C=O) groups excluding carboxylic acids is 3. The van der Waals surface area contributed by atoms with Gasteiger partial charge in [0.25, 0.3) is 5.91 Å². The summed E-state index contributed by atoms with van der Waals surface area (Å²) in [6.07, 6.45) is 0.964. The third kappa shape index (κ3) is 7.36. The van der Waals surface area contributed by atoms with Gasteiger partial charge in [-0.05, 0) is 30.7 Å². The number of carbonyl (C=O) groups is 3. The minimum absolute atomic E-state index is 0.0213. The number of halogens is 1. The summed E-state index contributed by atoms with van der Waals surface area (Å²) in [4.78, 5) is 38.9. The molecule has 1 heterocycles. The largest absolute Gasteiger partial charge is 0.456 e. The lowest BCUT2D eigenvalue weighted by Gasteiger charge is -2.06. The molecular formula is C18H21ClN4O5. The number of benzene rings is 1. The van der Waals surface area contributed by atoms with Gasteiger partial charge in [-0.15, -0.1) is 0 Å². The van der Waals surface area contributed by atoms with Gasteiger partial charge in [0.15, 0.2) is 6.61 Å². The summed E-state index contributed by atoms with van der Waals surface area (Å²) in [7, 11) is 0. The monoisotopic (exact) mass is 408 g/mol. The minimum Gasteiger partial charge on any atom is -0.456 e. The smallest absolute Gasteiger partial charge is 0.306 e. The Morgan fingerprint density at radius 3 is 2.61 bits per heavy atom. The van der Waals surface area contributed by atoms with Crippen molar-refractivity contribution in [3.05, 3.63) is 35.2 Å². The Hall–Kier alpha value is -2.94. The lowest BCUT2D eigenvalue weighted by atomic mass is 10.2. The molecule has 0 bridgehead atoms. The van der Waals surface area contributed by atoms with E-state index in [4.69, 9.17) is 20.9 Å². The van der Waals surface area contributed by atoms with E-state index >= 15 is 0 Å². The van der Waals surface area contributed by atoms with Crippen molar-refractivity contribution in [2.45, 2.75) is 26.2 Å². The molecule has 2 amide bonds. The Labute approximate surface area is 166 Å². The molecule has 0 unspecified atom stereocenters. The lowest BCUT2D eigenvalue weighted by Crippen LogP contribution is -2.38. The van der Waals surface area contributed by atoms with Gasteiger partial charge in [-0.3, -0.25) is 14.4 Å². The first-order valence-electron chi connectivity index (χ1n) is 8.75. The number of hydrogen-bond acceptors (Lipinski definition) is 7. The summed E-state index contributed by atoms with van der Waals surface area (Å²) in [6, 6.07) is 6.93. The zero-order valence-electron chi connectivity index (χ0n) is 15.4. The second-order valence-electron chi connectivity index (χ2n) is 5.81. The molecule has 0 spiro atoms. The quantitative estimate of drug-likeness (QED) is 0.571. The minimum atomic E-state index is -0.586. The molecule has 10 heteroatoms. The molecule has 2 aromatic rings. The normalized spacial score (nSPS) is 10.4. The molecular weight excluding hydrogens is 388 g/mol. The molecule has 2 N–H and O–H groups in total. The van der Waals surface area contributed by atoms with Crippen LogP contribution >= 0.6 is 11.6 Å². The molecule has 28 heavy (non-hydrogen) atoms. The number of ether oxygens (including phenoxy) is 1. The molecule has 0 radical (unpaired) electrons. The summed E-state index contributed by atoms with van der Waals surface area (Å²) in [5.74, 6) is -0.770. The van der Waals surface area contributed by atoms with Crippen LogP contribution in [0.25, 0.3) is 11.4 Å². The van der Waals surface area contributed by atoms with Crippen LogP contribution in [0.2, 0.25) is 5.02 Å². The Morgan fingerprint density at radius 1 is 1.14 bits per heavy atom. The van der Waals surface area contributed by atoms with Crippen molar-refractivity contribution in [1.82, 2.24) is 20.8 Å². The highest BCUT2D eigenvalue weighted by Crippen LogP contribution is 2.19. The predicted octanol–water partition coefficient (Wildman–Crippen LogP) is 1.51.